The van der Waals surface area contributed by atoms with E-state index in [0.29, 0.717) is 18.0 Å². The number of carbonyl (C=O) groups excluding carboxylic acids is 1. The van der Waals surface area contributed by atoms with Crippen molar-refractivity contribution in [3.63, 3.8) is 0 Å². The molecular weight excluding hydrogens is 274 g/mol. The molecule has 1 fully saturated rings. The van der Waals surface area contributed by atoms with E-state index in [1.807, 2.05) is 24.3 Å². The highest BCUT2D eigenvalue weighted by Crippen LogP contribution is 2.28. The van der Waals surface area contributed by atoms with Crippen molar-refractivity contribution in [2.24, 2.45) is 0 Å². The molecule has 1 aromatic carbocycles. The number of hydrogen-bond acceptors (Lipinski definition) is 5. The number of aromatic nitrogens is 1. The summed E-state index contributed by atoms with van der Waals surface area (Å²) in [5.74, 6) is -0.0967. The number of nitrogens with zero attached hydrogens (tertiary/aromatic N) is 1. The molecule has 0 saturated carbocycles. The van der Waals surface area contributed by atoms with Crippen molar-refractivity contribution in [3.05, 3.63) is 24.3 Å². The lowest BCUT2D eigenvalue weighted by atomic mass is 9.91. The molecule has 2 N–H and O–H groups in total. The summed E-state index contributed by atoms with van der Waals surface area (Å²) in [5.41, 5.74) is 0.174. The number of benzene rings is 1. The van der Waals surface area contributed by atoms with E-state index in [1.54, 1.807) is 7.11 Å². The molecule has 0 radical (unpaired) electrons. The van der Waals surface area contributed by atoms with Gasteiger partial charge in [-0.05, 0) is 38.1 Å². The van der Waals surface area contributed by atoms with Gasteiger partial charge in [-0.2, -0.15) is 0 Å². The van der Waals surface area contributed by atoms with Gasteiger partial charge in [0.15, 0.2) is 5.13 Å². The molecule has 1 aliphatic rings. The summed E-state index contributed by atoms with van der Waals surface area (Å²) >= 11 is 1.48. The van der Waals surface area contributed by atoms with Crippen LogP contribution in [0.2, 0.25) is 0 Å². The molecule has 5 nitrogen and oxygen atoms in total. The lowest BCUT2D eigenvalue weighted by molar-refractivity contribution is -0.140. The zero-order valence-electron chi connectivity index (χ0n) is 11.3. The molecule has 2 aromatic rings. The molecule has 20 heavy (non-hydrogen) atoms. The fourth-order valence-electron chi connectivity index (χ4n) is 2.49. The fraction of sp³-hybridized carbons (Fsp3) is 0.429. The van der Waals surface area contributed by atoms with Gasteiger partial charge in [0.1, 0.15) is 5.60 Å². The van der Waals surface area contributed by atoms with Crippen molar-refractivity contribution < 1.29 is 9.53 Å². The monoisotopic (exact) mass is 291 g/mol. The third-order valence-electron chi connectivity index (χ3n) is 3.73. The fourth-order valence-corrected chi connectivity index (χ4v) is 3.35. The lowest BCUT2D eigenvalue weighted by Crippen LogP contribution is -2.51. The van der Waals surface area contributed by atoms with Gasteiger partial charge in [-0.25, -0.2) is 4.98 Å². The summed E-state index contributed by atoms with van der Waals surface area (Å²) in [4.78, 5) is 16.9. The Morgan fingerprint density at radius 3 is 2.85 bits per heavy atom. The molecule has 2 heterocycles. The average molecular weight is 291 g/mol. The maximum absolute atomic E-state index is 12.5. The maximum atomic E-state index is 12.5. The predicted octanol–water partition coefficient (Wildman–Crippen LogP) is 2.00. The zero-order valence-corrected chi connectivity index (χ0v) is 12.1. The summed E-state index contributed by atoms with van der Waals surface area (Å²) < 4.78 is 6.58. The van der Waals surface area contributed by atoms with Crippen LogP contribution in [0.5, 0.6) is 0 Å². The number of anilines is 1. The van der Waals surface area contributed by atoms with Crippen LogP contribution in [0.3, 0.4) is 0 Å². The minimum Gasteiger partial charge on any atom is -0.368 e. The van der Waals surface area contributed by atoms with Gasteiger partial charge in [0.2, 0.25) is 0 Å². The molecule has 0 atom stereocenters. The number of rotatable bonds is 3. The second-order valence-electron chi connectivity index (χ2n) is 4.89. The summed E-state index contributed by atoms with van der Waals surface area (Å²) in [6.07, 6.45) is 1.36. The van der Waals surface area contributed by atoms with Crippen LogP contribution in [0, 0.1) is 0 Å². The van der Waals surface area contributed by atoms with Crippen LogP contribution in [0.4, 0.5) is 5.13 Å². The number of carbonyl (C=O) groups is 1. The van der Waals surface area contributed by atoms with Gasteiger partial charge in [-0.15, -0.1) is 0 Å². The van der Waals surface area contributed by atoms with Crippen molar-refractivity contribution in [2.75, 3.05) is 25.5 Å². The van der Waals surface area contributed by atoms with Crippen LogP contribution < -0.4 is 10.6 Å². The first-order chi connectivity index (χ1) is 9.73. The largest absolute Gasteiger partial charge is 0.368 e. The Balaban J connectivity index is 1.80. The number of thiazole rings is 1. The molecule has 1 aromatic heterocycles. The van der Waals surface area contributed by atoms with E-state index >= 15 is 0 Å². The molecule has 1 amide bonds. The number of amides is 1. The molecule has 0 unspecified atom stereocenters. The molecule has 3 rings (SSSR count). The normalized spacial score (nSPS) is 18.1. The molecule has 0 aliphatic carbocycles. The number of para-hydroxylation sites is 1. The van der Waals surface area contributed by atoms with Gasteiger partial charge in [0.25, 0.3) is 5.91 Å². The smallest absolute Gasteiger partial charge is 0.258 e. The summed E-state index contributed by atoms with van der Waals surface area (Å²) in [5, 5.41) is 6.78. The first-order valence-electron chi connectivity index (χ1n) is 6.66. The first kappa shape index (κ1) is 13.5. The molecular formula is C14H17N3O2S. The first-order valence-corrected chi connectivity index (χ1v) is 7.48. The molecule has 1 saturated heterocycles. The topological polar surface area (TPSA) is 63.2 Å². The highest BCUT2D eigenvalue weighted by molar-refractivity contribution is 7.22. The Kier molecular flexibility index (Phi) is 3.69. The lowest BCUT2D eigenvalue weighted by Gasteiger charge is -2.34. The Morgan fingerprint density at radius 1 is 1.40 bits per heavy atom. The molecule has 106 valence electrons. The van der Waals surface area contributed by atoms with Crippen LogP contribution in [-0.4, -0.2) is 36.7 Å². The van der Waals surface area contributed by atoms with Crippen molar-refractivity contribution >= 4 is 32.6 Å². The Hall–Kier alpha value is -1.50. The standard InChI is InChI=1S/C14H17N3O2S/c1-19-14(6-8-15-9-7-14)12(18)17-13-16-10-4-2-3-5-11(10)20-13/h2-5,15H,6-9H2,1H3,(H,16,17,18). The van der Waals surface area contributed by atoms with Gasteiger partial charge < -0.3 is 10.1 Å². The van der Waals surface area contributed by atoms with Crippen molar-refractivity contribution in [2.45, 2.75) is 18.4 Å². The van der Waals surface area contributed by atoms with Gasteiger partial charge in [-0.3, -0.25) is 10.1 Å². The van der Waals surface area contributed by atoms with Gasteiger partial charge in [0, 0.05) is 7.11 Å². The molecule has 0 bridgehead atoms. The van der Waals surface area contributed by atoms with Crippen molar-refractivity contribution in [1.29, 1.82) is 0 Å². The third-order valence-corrected chi connectivity index (χ3v) is 4.68. The average Bonchev–Trinajstić information content (AvgIpc) is 2.90. The van der Waals surface area contributed by atoms with Gasteiger partial charge in [-0.1, -0.05) is 23.5 Å². The summed E-state index contributed by atoms with van der Waals surface area (Å²) in [6.45, 7) is 1.59. The van der Waals surface area contributed by atoms with E-state index in [4.69, 9.17) is 4.74 Å². The Bertz CT molecular complexity index is 587. The van der Waals surface area contributed by atoms with Crippen LogP contribution in [0.15, 0.2) is 24.3 Å². The number of methoxy groups -OCH3 is 1. The summed E-state index contributed by atoms with van der Waals surface area (Å²) in [6, 6.07) is 7.85. The van der Waals surface area contributed by atoms with E-state index in [0.717, 1.165) is 23.3 Å². The van der Waals surface area contributed by atoms with Gasteiger partial charge >= 0.3 is 0 Å². The Morgan fingerprint density at radius 2 is 2.15 bits per heavy atom. The van der Waals surface area contributed by atoms with E-state index in [9.17, 15) is 4.79 Å². The highest BCUT2D eigenvalue weighted by atomic mass is 32.1. The van der Waals surface area contributed by atoms with Crippen molar-refractivity contribution in [1.82, 2.24) is 10.3 Å². The SMILES string of the molecule is COC1(C(=O)Nc2nc3ccccc3s2)CCNCC1. The molecule has 1 aliphatic heterocycles. The van der Waals surface area contributed by atoms with Crippen LogP contribution >= 0.6 is 11.3 Å². The summed E-state index contributed by atoms with van der Waals surface area (Å²) in [7, 11) is 1.60. The van der Waals surface area contributed by atoms with Gasteiger partial charge in [0.05, 0.1) is 10.2 Å². The number of nitrogens with one attached hydrogen (secondary N) is 2. The van der Waals surface area contributed by atoms with E-state index in [1.165, 1.54) is 11.3 Å². The second-order valence-corrected chi connectivity index (χ2v) is 5.92. The van der Waals surface area contributed by atoms with Crippen LogP contribution in [0.25, 0.3) is 10.2 Å². The van der Waals surface area contributed by atoms with E-state index in [-0.39, 0.29) is 5.91 Å². The van der Waals surface area contributed by atoms with E-state index < -0.39 is 5.60 Å². The Labute approximate surface area is 121 Å². The zero-order chi connectivity index (χ0) is 14.0. The third kappa shape index (κ3) is 2.42. The highest BCUT2D eigenvalue weighted by Gasteiger charge is 2.40. The number of fused-ring (bicyclic) bond motifs is 1. The number of ether oxygens (including phenoxy) is 1. The number of hydrogen-bond donors (Lipinski definition) is 2. The minimum absolute atomic E-state index is 0.0967. The number of piperidine rings is 1. The van der Waals surface area contributed by atoms with Crippen LogP contribution in [-0.2, 0) is 9.53 Å². The second kappa shape index (κ2) is 5.47. The molecule has 0 spiro atoms. The van der Waals surface area contributed by atoms with Crippen LogP contribution in [0.1, 0.15) is 12.8 Å². The molecule has 6 heteroatoms. The predicted molar refractivity (Wildman–Crippen MR) is 80.1 cm³/mol. The van der Waals surface area contributed by atoms with Crippen molar-refractivity contribution in [3.8, 4) is 0 Å². The van der Waals surface area contributed by atoms with E-state index in [2.05, 4.69) is 15.6 Å². The quantitative estimate of drug-likeness (QED) is 0.908. The minimum atomic E-state index is -0.733. The maximum Gasteiger partial charge on any atom is 0.258 e.